The van der Waals surface area contributed by atoms with Gasteiger partial charge in [0.1, 0.15) is 0 Å². The molecule has 0 unspecified atom stereocenters. The predicted octanol–water partition coefficient (Wildman–Crippen LogP) is 2.21. The van der Waals surface area contributed by atoms with Crippen LogP contribution in [0.4, 0.5) is 11.4 Å². The van der Waals surface area contributed by atoms with E-state index in [1.165, 1.54) is 6.42 Å². The number of carbonyl (C=O) groups is 1. The molecule has 0 atom stereocenters. The Morgan fingerprint density at radius 2 is 2.05 bits per heavy atom. The highest BCUT2D eigenvalue weighted by molar-refractivity contribution is 5.94. The van der Waals surface area contributed by atoms with E-state index in [-0.39, 0.29) is 11.3 Å². The lowest BCUT2D eigenvalue weighted by atomic mass is 9.66. The van der Waals surface area contributed by atoms with Crippen LogP contribution in [-0.2, 0) is 4.79 Å². The summed E-state index contributed by atoms with van der Waals surface area (Å²) >= 11 is 0. The number of nitrogens with two attached hydrogens (primary N) is 1. The van der Waals surface area contributed by atoms with E-state index in [4.69, 9.17) is 5.73 Å². The van der Waals surface area contributed by atoms with Crippen molar-refractivity contribution in [3.05, 3.63) is 24.3 Å². The van der Waals surface area contributed by atoms with Crippen LogP contribution >= 0.6 is 0 Å². The predicted molar refractivity (Wildman–Crippen MR) is 79.4 cm³/mol. The minimum Gasteiger partial charge on any atom is -0.376 e. The van der Waals surface area contributed by atoms with Gasteiger partial charge in [-0.3, -0.25) is 4.79 Å². The second kappa shape index (κ2) is 5.61. The summed E-state index contributed by atoms with van der Waals surface area (Å²) in [6, 6.07) is 7.84. The molecule has 0 saturated heterocycles. The van der Waals surface area contributed by atoms with Crippen molar-refractivity contribution in [3.8, 4) is 0 Å². The lowest BCUT2D eigenvalue weighted by Crippen LogP contribution is -2.40. The van der Waals surface area contributed by atoms with Crippen molar-refractivity contribution in [2.24, 2.45) is 11.1 Å². The van der Waals surface area contributed by atoms with Crippen molar-refractivity contribution < 1.29 is 4.79 Å². The summed E-state index contributed by atoms with van der Waals surface area (Å²) in [5, 5.41) is 3.01. The summed E-state index contributed by atoms with van der Waals surface area (Å²) in [4.78, 5) is 14.2. The molecule has 3 N–H and O–H groups in total. The fraction of sp³-hybridized carbons (Fsp3) is 0.533. The van der Waals surface area contributed by atoms with E-state index in [9.17, 15) is 4.79 Å². The van der Waals surface area contributed by atoms with Crippen molar-refractivity contribution in [2.45, 2.75) is 25.7 Å². The summed E-state index contributed by atoms with van der Waals surface area (Å²) in [6.45, 7) is 0.607. The van der Waals surface area contributed by atoms with E-state index in [0.717, 1.165) is 24.2 Å². The molecule has 1 fully saturated rings. The van der Waals surface area contributed by atoms with Crippen LogP contribution in [0.2, 0.25) is 0 Å². The average molecular weight is 261 g/mol. The van der Waals surface area contributed by atoms with Crippen LogP contribution in [0.5, 0.6) is 0 Å². The second-order valence-corrected chi connectivity index (χ2v) is 5.69. The number of hydrogen-bond acceptors (Lipinski definition) is 3. The minimum atomic E-state index is 0.0527. The molecule has 4 nitrogen and oxygen atoms in total. The van der Waals surface area contributed by atoms with E-state index in [0.29, 0.717) is 13.0 Å². The van der Waals surface area contributed by atoms with Gasteiger partial charge < -0.3 is 16.0 Å². The van der Waals surface area contributed by atoms with Gasteiger partial charge in [-0.25, -0.2) is 0 Å². The first kappa shape index (κ1) is 13.9. The minimum absolute atomic E-state index is 0.0527. The second-order valence-electron chi connectivity index (χ2n) is 5.69. The van der Waals surface area contributed by atoms with Crippen LogP contribution in [0, 0.1) is 5.41 Å². The zero-order chi connectivity index (χ0) is 13.9. The number of nitrogens with zero attached hydrogens (tertiary/aromatic N) is 1. The Kier molecular flexibility index (Phi) is 4.10. The van der Waals surface area contributed by atoms with Gasteiger partial charge >= 0.3 is 0 Å². The van der Waals surface area contributed by atoms with Crippen LogP contribution < -0.4 is 16.0 Å². The number of carbonyl (C=O) groups excluding carboxylic acids is 1. The fourth-order valence-electron chi connectivity index (χ4n) is 2.63. The zero-order valence-corrected chi connectivity index (χ0v) is 11.8. The largest absolute Gasteiger partial charge is 0.376 e. The number of benzene rings is 1. The summed E-state index contributed by atoms with van der Waals surface area (Å²) in [7, 11) is 3.94. The van der Waals surface area contributed by atoms with Gasteiger partial charge in [-0.2, -0.15) is 0 Å². The lowest BCUT2D eigenvalue weighted by Gasteiger charge is -2.40. The highest BCUT2D eigenvalue weighted by atomic mass is 16.1. The highest BCUT2D eigenvalue weighted by Crippen LogP contribution is 2.43. The maximum Gasteiger partial charge on any atom is 0.225 e. The Labute approximate surface area is 115 Å². The zero-order valence-electron chi connectivity index (χ0n) is 11.8. The topological polar surface area (TPSA) is 58.4 Å². The Balaban J connectivity index is 2.03. The molecule has 0 radical (unpaired) electrons. The number of amides is 1. The number of anilines is 2. The number of para-hydroxylation sites is 2. The molecule has 0 heterocycles. The molecule has 0 aromatic heterocycles. The average Bonchev–Trinajstić information content (AvgIpc) is 2.34. The molecular weight excluding hydrogens is 238 g/mol. The van der Waals surface area contributed by atoms with Gasteiger partial charge in [0.2, 0.25) is 5.91 Å². The summed E-state index contributed by atoms with van der Waals surface area (Å²) in [6.07, 6.45) is 3.88. The molecule has 2 rings (SSSR count). The third-order valence-corrected chi connectivity index (χ3v) is 4.04. The van der Waals surface area contributed by atoms with Gasteiger partial charge in [-0.15, -0.1) is 0 Å². The quantitative estimate of drug-likeness (QED) is 0.854. The molecule has 1 aliphatic carbocycles. The molecule has 0 aliphatic heterocycles. The van der Waals surface area contributed by atoms with E-state index in [1.54, 1.807) is 0 Å². The normalized spacial score (nSPS) is 16.6. The van der Waals surface area contributed by atoms with Gasteiger partial charge in [0.15, 0.2) is 0 Å². The first-order chi connectivity index (χ1) is 9.06. The standard InChI is InChI=1S/C15H23N3O/c1-18(2)13-7-4-3-6-12(13)17-14(19)10-15(11-16)8-5-9-15/h3-4,6-7H,5,8-11,16H2,1-2H3,(H,17,19). The Hall–Kier alpha value is -1.55. The van der Waals surface area contributed by atoms with Crippen molar-refractivity contribution in [1.29, 1.82) is 0 Å². The van der Waals surface area contributed by atoms with Crippen LogP contribution in [0.1, 0.15) is 25.7 Å². The number of nitrogens with one attached hydrogen (secondary N) is 1. The molecule has 1 saturated carbocycles. The lowest BCUT2D eigenvalue weighted by molar-refractivity contribution is -0.119. The number of rotatable bonds is 5. The molecule has 1 aromatic carbocycles. The number of hydrogen-bond donors (Lipinski definition) is 2. The van der Waals surface area contributed by atoms with Crippen molar-refractivity contribution in [2.75, 3.05) is 30.9 Å². The van der Waals surface area contributed by atoms with Crippen LogP contribution in [0.3, 0.4) is 0 Å². The summed E-state index contributed by atoms with van der Waals surface area (Å²) < 4.78 is 0. The maximum atomic E-state index is 12.2. The first-order valence-corrected chi connectivity index (χ1v) is 6.83. The van der Waals surface area contributed by atoms with Gasteiger partial charge in [0, 0.05) is 20.5 Å². The van der Waals surface area contributed by atoms with Crippen LogP contribution in [0.25, 0.3) is 0 Å². The van der Waals surface area contributed by atoms with Crippen molar-refractivity contribution in [3.63, 3.8) is 0 Å². The molecule has 4 heteroatoms. The van der Waals surface area contributed by atoms with Gasteiger partial charge in [0.05, 0.1) is 11.4 Å². The summed E-state index contributed by atoms with van der Waals surface area (Å²) in [5.41, 5.74) is 7.74. The van der Waals surface area contributed by atoms with Crippen LogP contribution in [0.15, 0.2) is 24.3 Å². The Bertz CT molecular complexity index is 447. The van der Waals surface area contributed by atoms with E-state index in [2.05, 4.69) is 5.32 Å². The monoisotopic (exact) mass is 261 g/mol. The molecule has 104 valence electrons. The van der Waals surface area contributed by atoms with E-state index >= 15 is 0 Å². The molecule has 0 spiro atoms. The van der Waals surface area contributed by atoms with E-state index < -0.39 is 0 Å². The van der Waals surface area contributed by atoms with Gasteiger partial charge in [-0.1, -0.05) is 18.6 Å². The molecule has 1 amide bonds. The maximum absolute atomic E-state index is 12.2. The third-order valence-electron chi connectivity index (χ3n) is 4.04. The molecule has 19 heavy (non-hydrogen) atoms. The molecule has 1 aromatic rings. The third kappa shape index (κ3) is 3.07. The van der Waals surface area contributed by atoms with Gasteiger partial charge in [0.25, 0.3) is 0 Å². The Morgan fingerprint density at radius 1 is 1.37 bits per heavy atom. The fourth-order valence-corrected chi connectivity index (χ4v) is 2.63. The SMILES string of the molecule is CN(C)c1ccccc1NC(=O)CC1(CN)CCC1. The summed E-state index contributed by atoms with van der Waals surface area (Å²) in [5.74, 6) is 0.0689. The van der Waals surface area contributed by atoms with Crippen LogP contribution in [-0.4, -0.2) is 26.5 Å². The highest BCUT2D eigenvalue weighted by Gasteiger charge is 2.37. The molecule has 0 bridgehead atoms. The molecule has 1 aliphatic rings. The first-order valence-electron chi connectivity index (χ1n) is 6.83. The Morgan fingerprint density at radius 3 is 2.58 bits per heavy atom. The smallest absolute Gasteiger partial charge is 0.225 e. The van der Waals surface area contributed by atoms with E-state index in [1.807, 2.05) is 43.3 Å². The van der Waals surface area contributed by atoms with Gasteiger partial charge in [-0.05, 0) is 36.9 Å². The molecular formula is C15H23N3O. The van der Waals surface area contributed by atoms with Crippen molar-refractivity contribution >= 4 is 17.3 Å². The van der Waals surface area contributed by atoms with Crippen molar-refractivity contribution in [1.82, 2.24) is 0 Å².